The van der Waals surface area contributed by atoms with E-state index in [0.717, 1.165) is 17.7 Å². The summed E-state index contributed by atoms with van der Waals surface area (Å²) < 4.78 is 10.4. The second kappa shape index (κ2) is 9.00. The van der Waals surface area contributed by atoms with E-state index in [0.29, 0.717) is 13.2 Å². The van der Waals surface area contributed by atoms with Gasteiger partial charge in [0.1, 0.15) is 5.75 Å². The fraction of sp³-hybridized carbons (Fsp3) is 0.625. The normalized spacial score (nSPS) is 15.8. The number of hydrogen-bond acceptors (Lipinski definition) is 5. The van der Waals surface area contributed by atoms with Crippen molar-refractivity contribution in [3.63, 3.8) is 0 Å². The van der Waals surface area contributed by atoms with Gasteiger partial charge in [-0.05, 0) is 19.5 Å². The van der Waals surface area contributed by atoms with Crippen LogP contribution < -0.4 is 10.5 Å². The lowest BCUT2D eigenvalue weighted by atomic mass is 9.95. The molecule has 3 unspecified atom stereocenters. The Bertz CT molecular complexity index is 414. The largest absolute Gasteiger partial charge is 0.496 e. The molecule has 0 aromatic heterocycles. The second-order valence-corrected chi connectivity index (χ2v) is 5.31. The minimum Gasteiger partial charge on any atom is -0.496 e. The lowest BCUT2D eigenvalue weighted by molar-refractivity contribution is 0.0306. The number of likely N-dealkylation sites (N-methyl/N-ethyl adjacent to an activating group) is 1. The molecule has 1 rings (SSSR count). The molecule has 0 aliphatic rings. The van der Waals surface area contributed by atoms with E-state index in [1.807, 2.05) is 31.3 Å². The number of aliphatic hydroxyl groups excluding tert-OH is 1. The van der Waals surface area contributed by atoms with Gasteiger partial charge in [0.2, 0.25) is 0 Å². The third-order valence-electron chi connectivity index (χ3n) is 3.67. The maximum Gasteiger partial charge on any atom is 0.123 e. The molecule has 0 amide bonds. The Balaban J connectivity index is 2.99. The van der Waals surface area contributed by atoms with Crippen molar-refractivity contribution in [2.45, 2.75) is 31.5 Å². The Morgan fingerprint density at radius 3 is 2.52 bits per heavy atom. The van der Waals surface area contributed by atoms with E-state index in [-0.39, 0.29) is 12.1 Å². The smallest absolute Gasteiger partial charge is 0.123 e. The number of rotatable bonds is 9. The van der Waals surface area contributed by atoms with Crippen molar-refractivity contribution < 1.29 is 14.6 Å². The predicted molar refractivity (Wildman–Crippen MR) is 84.5 cm³/mol. The predicted octanol–water partition coefficient (Wildman–Crippen LogP) is 1.41. The minimum absolute atomic E-state index is 0.0161. The average Bonchev–Trinajstić information content (AvgIpc) is 2.47. The summed E-state index contributed by atoms with van der Waals surface area (Å²) in [5.41, 5.74) is 7.36. The van der Waals surface area contributed by atoms with Crippen LogP contribution in [0.4, 0.5) is 0 Å². The molecule has 3 atom stereocenters. The van der Waals surface area contributed by atoms with Gasteiger partial charge in [0.05, 0.1) is 25.9 Å². The quantitative estimate of drug-likeness (QED) is 0.721. The topological polar surface area (TPSA) is 68.0 Å². The van der Waals surface area contributed by atoms with E-state index in [4.69, 9.17) is 15.2 Å². The summed E-state index contributed by atoms with van der Waals surface area (Å²) in [6.45, 7) is 2.86. The Kier molecular flexibility index (Phi) is 7.67. The Labute approximate surface area is 127 Å². The lowest BCUT2D eigenvalue weighted by Crippen LogP contribution is -2.43. The summed E-state index contributed by atoms with van der Waals surface area (Å²) in [5, 5.41) is 9.96. The highest BCUT2D eigenvalue weighted by molar-refractivity contribution is 5.36. The molecule has 0 spiro atoms. The molecule has 1 aromatic rings. The van der Waals surface area contributed by atoms with Gasteiger partial charge in [-0.25, -0.2) is 0 Å². The van der Waals surface area contributed by atoms with Gasteiger partial charge in [-0.3, -0.25) is 4.90 Å². The van der Waals surface area contributed by atoms with Crippen LogP contribution in [0.3, 0.4) is 0 Å². The van der Waals surface area contributed by atoms with E-state index in [9.17, 15) is 5.11 Å². The molecule has 0 fully saturated rings. The Hall–Kier alpha value is -1.14. The first-order chi connectivity index (χ1) is 10.0. The van der Waals surface area contributed by atoms with Crippen molar-refractivity contribution in [3.8, 4) is 5.75 Å². The van der Waals surface area contributed by atoms with Crippen molar-refractivity contribution in [2.75, 3.05) is 34.4 Å². The monoisotopic (exact) mass is 296 g/mol. The first-order valence-corrected chi connectivity index (χ1v) is 7.30. The maximum atomic E-state index is 9.96. The summed E-state index contributed by atoms with van der Waals surface area (Å²) >= 11 is 0. The van der Waals surface area contributed by atoms with Crippen molar-refractivity contribution in [3.05, 3.63) is 29.8 Å². The zero-order chi connectivity index (χ0) is 15.8. The zero-order valence-electron chi connectivity index (χ0n) is 13.5. The standard InChI is InChI=1S/C16H28N2O3/c1-5-14(17)16(18(2)10-12(19)11-20-3)13-8-6-7-9-15(13)21-4/h6-9,12,14,16,19H,5,10-11,17H2,1-4H3. The molecule has 0 saturated heterocycles. The molecular weight excluding hydrogens is 268 g/mol. The molecule has 3 N–H and O–H groups in total. The maximum absolute atomic E-state index is 9.96. The van der Waals surface area contributed by atoms with Gasteiger partial charge in [0.25, 0.3) is 0 Å². The van der Waals surface area contributed by atoms with E-state index in [2.05, 4.69) is 11.8 Å². The molecule has 5 nitrogen and oxygen atoms in total. The van der Waals surface area contributed by atoms with Crippen molar-refractivity contribution in [2.24, 2.45) is 5.73 Å². The minimum atomic E-state index is -0.540. The van der Waals surface area contributed by atoms with E-state index in [1.54, 1.807) is 14.2 Å². The van der Waals surface area contributed by atoms with Crippen LogP contribution in [0.15, 0.2) is 24.3 Å². The van der Waals surface area contributed by atoms with Gasteiger partial charge in [0, 0.05) is 25.3 Å². The number of nitrogens with two attached hydrogens (primary N) is 1. The fourth-order valence-corrected chi connectivity index (χ4v) is 2.62. The third-order valence-corrected chi connectivity index (χ3v) is 3.67. The zero-order valence-corrected chi connectivity index (χ0v) is 13.5. The van der Waals surface area contributed by atoms with Crippen LogP contribution in [-0.4, -0.2) is 56.6 Å². The number of ether oxygens (including phenoxy) is 2. The highest BCUT2D eigenvalue weighted by Crippen LogP contribution is 2.31. The summed E-state index contributed by atoms with van der Waals surface area (Å²) in [7, 11) is 5.21. The molecule has 120 valence electrons. The fourth-order valence-electron chi connectivity index (χ4n) is 2.62. The van der Waals surface area contributed by atoms with Gasteiger partial charge in [-0.15, -0.1) is 0 Å². The molecule has 0 bridgehead atoms. The first kappa shape index (κ1) is 17.9. The number of nitrogens with zero attached hydrogens (tertiary/aromatic N) is 1. The second-order valence-electron chi connectivity index (χ2n) is 5.31. The molecule has 21 heavy (non-hydrogen) atoms. The van der Waals surface area contributed by atoms with Crippen LogP contribution in [-0.2, 0) is 4.74 Å². The van der Waals surface area contributed by atoms with Gasteiger partial charge in [-0.2, -0.15) is 0 Å². The number of hydrogen-bond donors (Lipinski definition) is 2. The number of aliphatic hydroxyl groups is 1. The Morgan fingerprint density at radius 2 is 1.95 bits per heavy atom. The molecular formula is C16H28N2O3. The summed E-state index contributed by atoms with van der Waals surface area (Å²) in [5.74, 6) is 0.819. The molecule has 0 saturated carbocycles. The van der Waals surface area contributed by atoms with Crippen molar-refractivity contribution in [1.29, 1.82) is 0 Å². The van der Waals surface area contributed by atoms with Crippen LogP contribution in [0.25, 0.3) is 0 Å². The van der Waals surface area contributed by atoms with Gasteiger partial charge >= 0.3 is 0 Å². The Morgan fingerprint density at radius 1 is 1.29 bits per heavy atom. The highest BCUT2D eigenvalue weighted by atomic mass is 16.5. The number of benzene rings is 1. The number of methoxy groups -OCH3 is 2. The molecule has 0 aliphatic carbocycles. The van der Waals surface area contributed by atoms with Crippen LogP contribution in [0.2, 0.25) is 0 Å². The van der Waals surface area contributed by atoms with Gasteiger partial charge in [-0.1, -0.05) is 25.1 Å². The number of para-hydroxylation sites is 1. The van der Waals surface area contributed by atoms with Crippen molar-refractivity contribution in [1.82, 2.24) is 4.90 Å². The lowest BCUT2D eigenvalue weighted by Gasteiger charge is -2.34. The van der Waals surface area contributed by atoms with Crippen LogP contribution in [0.1, 0.15) is 24.9 Å². The molecule has 0 aliphatic heterocycles. The summed E-state index contributed by atoms with van der Waals surface area (Å²) in [4.78, 5) is 2.07. The van der Waals surface area contributed by atoms with E-state index >= 15 is 0 Å². The van der Waals surface area contributed by atoms with E-state index < -0.39 is 6.10 Å². The molecule has 0 radical (unpaired) electrons. The molecule has 5 heteroatoms. The first-order valence-electron chi connectivity index (χ1n) is 7.30. The van der Waals surface area contributed by atoms with Crippen molar-refractivity contribution >= 4 is 0 Å². The molecule has 0 heterocycles. The summed E-state index contributed by atoms with van der Waals surface area (Å²) in [6, 6.07) is 7.82. The van der Waals surface area contributed by atoms with Gasteiger partial charge < -0.3 is 20.3 Å². The third kappa shape index (κ3) is 4.97. The van der Waals surface area contributed by atoms with E-state index in [1.165, 1.54) is 0 Å². The van der Waals surface area contributed by atoms with Crippen LogP contribution >= 0.6 is 0 Å². The average molecular weight is 296 g/mol. The molecule has 1 aromatic carbocycles. The van der Waals surface area contributed by atoms with Gasteiger partial charge in [0.15, 0.2) is 0 Å². The SMILES string of the molecule is CCC(N)C(c1ccccc1OC)N(C)CC(O)COC. The van der Waals surface area contributed by atoms with Crippen LogP contribution in [0.5, 0.6) is 5.75 Å². The highest BCUT2D eigenvalue weighted by Gasteiger charge is 2.27. The summed E-state index contributed by atoms with van der Waals surface area (Å²) in [6.07, 6.45) is 0.300. The van der Waals surface area contributed by atoms with Crippen LogP contribution in [0, 0.1) is 0 Å².